The van der Waals surface area contributed by atoms with Gasteiger partial charge in [0.1, 0.15) is 23.9 Å². The minimum Gasteiger partial charge on any atom is -0.494 e. The molecule has 25 heavy (non-hydrogen) atoms. The lowest BCUT2D eigenvalue weighted by molar-refractivity contribution is -0.132. The van der Waals surface area contributed by atoms with Crippen molar-refractivity contribution in [3.05, 3.63) is 42.5 Å². The number of ether oxygens (including phenoxy) is 3. The van der Waals surface area contributed by atoms with E-state index in [-0.39, 0.29) is 5.97 Å². The van der Waals surface area contributed by atoms with Crippen molar-refractivity contribution in [1.29, 1.82) is 0 Å². The third-order valence-corrected chi connectivity index (χ3v) is 4.07. The average molecular weight is 356 g/mol. The molecule has 0 bridgehead atoms. The van der Waals surface area contributed by atoms with Crippen molar-refractivity contribution in [3.63, 3.8) is 0 Å². The van der Waals surface area contributed by atoms with E-state index in [4.69, 9.17) is 14.2 Å². The van der Waals surface area contributed by atoms with Crippen LogP contribution in [0.3, 0.4) is 0 Å². The Bertz CT molecular complexity index is 773. The van der Waals surface area contributed by atoms with Gasteiger partial charge in [0.05, 0.1) is 11.5 Å². The van der Waals surface area contributed by atoms with Crippen LogP contribution < -0.4 is 14.2 Å². The van der Waals surface area contributed by atoms with Crippen molar-refractivity contribution in [2.45, 2.75) is 30.6 Å². The summed E-state index contributed by atoms with van der Waals surface area (Å²) in [4.78, 5) is 13.1. The first-order valence-corrected chi connectivity index (χ1v) is 8.69. The lowest BCUT2D eigenvalue weighted by Crippen LogP contribution is -2.02. The highest BCUT2D eigenvalue weighted by Gasteiger charge is 2.10. The second-order valence-electron chi connectivity index (χ2n) is 4.92. The molecule has 2 rings (SSSR count). The number of carbonyl (C=O) groups excluding carboxylic acids is 1. The highest BCUT2D eigenvalue weighted by molar-refractivity contribution is 7.99. The molecule has 2 aromatic rings. The maximum absolute atomic E-state index is 11.3. The SMILES string of the molecule is CC#CCOc1ccc(Sc2cc(OCC)ccc2OC(C)=O)cc1. The van der Waals surface area contributed by atoms with Crippen molar-refractivity contribution in [2.24, 2.45) is 0 Å². The van der Waals surface area contributed by atoms with Gasteiger partial charge in [0, 0.05) is 11.8 Å². The Labute approximate surface area is 152 Å². The van der Waals surface area contributed by atoms with Crippen LogP contribution in [0.5, 0.6) is 17.2 Å². The lowest BCUT2D eigenvalue weighted by atomic mass is 10.3. The summed E-state index contributed by atoms with van der Waals surface area (Å²) in [7, 11) is 0. The number of esters is 1. The molecular formula is C20H20O4S. The Morgan fingerprint density at radius 3 is 2.44 bits per heavy atom. The molecule has 0 saturated heterocycles. The van der Waals surface area contributed by atoms with E-state index in [9.17, 15) is 4.79 Å². The molecule has 0 amide bonds. The molecule has 0 aliphatic heterocycles. The molecule has 0 spiro atoms. The van der Waals surface area contributed by atoms with Crippen molar-refractivity contribution in [1.82, 2.24) is 0 Å². The largest absolute Gasteiger partial charge is 0.494 e. The molecule has 0 radical (unpaired) electrons. The molecule has 2 aromatic carbocycles. The van der Waals surface area contributed by atoms with Crippen LogP contribution in [0.4, 0.5) is 0 Å². The standard InChI is InChI=1S/C20H20O4S/c1-4-6-13-23-16-7-10-18(11-8-16)25-20-14-17(22-5-2)9-12-19(20)24-15(3)21/h7-12,14H,5,13H2,1-3H3. The molecule has 0 aromatic heterocycles. The predicted molar refractivity (Wildman–Crippen MR) is 98.4 cm³/mol. The summed E-state index contributed by atoms with van der Waals surface area (Å²) in [5.74, 6) is 7.30. The Kier molecular flexibility index (Phi) is 7.24. The van der Waals surface area contributed by atoms with Gasteiger partial charge in [0.15, 0.2) is 0 Å². The molecule has 0 atom stereocenters. The van der Waals surface area contributed by atoms with Crippen molar-refractivity contribution in [3.8, 4) is 29.1 Å². The van der Waals surface area contributed by atoms with Crippen molar-refractivity contribution >= 4 is 17.7 Å². The number of carbonyl (C=O) groups is 1. The van der Waals surface area contributed by atoms with E-state index in [1.54, 1.807) is 19.1 Å². The van der Waals surface area contributed by atoms with E-state index in [0.29, 0.717) is 19.0 Å². The van der Waals surface area contributed by atoms with Gasteiger partial charge in [-0.2, -0.15) is 0 Å². The first-order chi connectivity index (χ1) is 12.1. The third-order valence-electron chi connectivity index (χ3n) is 3.02. The summed E-state index contributed by atoms with van der Waals surface area (Å²) in [5, 5.41) is 0. The Balaban J connectivity index is 2.17. The highest BCUT2D eigenvalue weighted by atomic mass is 32.2. The summed E-state index contributed by atoms with van der Waals surface area (Å²) in [6, 6.07) is 13.1. The zero-order valence-corrected chi connectivity index (χ0v) is 15.3. The molecule has 0 heterocycles. The van der Waals surface area contributed by atoms with Gasteiger partial charge in [-0.15, -0.1) is 5.92 Å². The number of hydrogen-bond donors (Lipinski definition) is 0. The van der Waals surface area contributed by atoms with E-state index >= 15 is 0 Å². The van der Waals surface area contributed by atoms with Gasteiger partial charge in [0.25, 0.3) is 0 Å². The van der Waals surface area contributed by atoms with E-state index < -0.39 is 0 Å². The van der Waals surface area contributed by atoms with Crippen LogP contribution in [0.25, 0.3) is 0 Å². The molecular weight excluding hydrogens is 336 g/mol. The topological polar surface area (TPSA) is 44.8 Å². The second kappa shape index (κ2) is 9.65. The van der Waals surface area contributed by atoms with Gasteiger partial charge in [-0.1, -0.05) is 17.7 Å². The van der Waals surface area contributed by atoms with E-state index in [1.807, 2.05) is 37.3 Å². The lowest BCUT2D eigenvalue weighted by Gasteiger charge is -2.11. The van der Waals surface area contributed by atoms with Gasteiger partial charge < -0.3 is 14.2 Å². The monoisotopic (exact) mass is 356 g/mol. The van der Waals surface area contributed by atoms with Gasteiger partial charge in [-0.05, 0) is 56.3 Å². The maximum Gasteiger partial charge on any atom is 0.308 e. The average Bonchev–Trinajstić information content (AvgIpc) is 2.59. The molecule has 0 unspecified atom stereocenters. The van der Waals surface area contributed by atoms with Crippen LogP contribution in [0.2, 0.25) is 0 Å². The summed E-state index contributed by atoms with van der Waals surface area (Å²) in [5.41, 5.74) is 0. The Morgan fingerprint density at radius 1 is 1.08 bits per heavy atom. The van der Waals surface area contributed by atoms with Crippen LogP contribution in [-0.4, -0.2) is 19.2 Å². The van der Waals surface area contributed by atoms with E-state index in [1.165, 1.54) is 18.7 Å². The number of hydrogen-bond acceptors (Lipinski definition) is 5. The molecule has 0 aliphatic rings. The summed E-state index contributed by atoms with van der Waals surface area (Å²) in [6.45, 7) is 6.03. The molecule has 0 N–H and O–H groups in total. The normalized spacial score (nSPS) is 9.72. The highest BCUT2D eigenvalue weighted by Crippen LogP contribution is 2.38. The van der Waals surface area contributed by atoms with Gasteiger partial charge in [0.2, 0.25) is 0 Å². The Hall–Kier alpha value is -2.58. The minimum absolute atomic E-state index is 0.355. The van der Waals surface area contributed by atoms with Crippen LogP contribution in [0, 0.1) is 11.8 Å². The van der Waals surface area contributed by atoms with E-state index in [2.05, 4.69) is 11.8 Å². The minimum atomic E-state index is -0.355. The summed E-state index contributed by atoms with van der Waals surface area (Å²) in [6.07, 6.45) is 0. The first-order valence-electron chi connectivity index (χ1n) is 7.88. The molecule has 0 aliphatic carbocycles. The van der Waals surface area contributed by atoms with Crippen LogP contribution in [0.1, 0.15) is 20.8 Å². The molecule has 130 valence electrons. The molecule has 5 heteroatoms. The summed E-state index contributed by atoms with van der Waals surface area (Å²) >= 11 is 1.49. The molecule has 4 nitrogen and oxygen atoms in total. The fourth-order valence-corrected chi connectivity index (χ4v) is 2.90. The van der Waals surface area contributed by atoms with Gasteiger partial charge in [-0.25, -0.2) is 0 Å². The first kappa shape index (κ1) is 18.8. The molecule has 0 fully saturated rings. The predicted octanol–water partition coefficient (Wildman–Crippen LogP) is 4.56. The maximum atomic E-state index is 11.3. The van der Waals surface area contributed by atoms with Gasteiger partial charge in [-0.3, -0.25) is 4.79 Å². The number of rotatable bonds is 7. The zero-order valence-electron chi connectivity index (χ0n) is 14.5. The quantitative estimate of drug-likeness (QED) is 0.413. The molecule has 0 saturated carbocycles. The van der Waals surface area contributed by atoms with Crippen molar-refractivity contribution in [2.75, 3.05) is 13.2 Å². The van der Waals surface area contributed by atoms with Crippen LogP contribution >= 0.6 is 11.8 Å². The zero-order chi connectivity index (χ0) is 18.1. The van der Waals surface area contributed by atoms with Crippen LogP contribution in [0.15, 0.2) is 52.3 Å². The Morgan fingerprint density at radius 2 is 1.80 bits per heavy atom. The fraction of sp³-hybridized carbons (Fsp3) is 0.250. The summed E-state index contributed by atoms with van der Waals surface area (Å²) < 4.78 is 16.3. The second-order valence-corrected chi connectivity index (χ2v) is 6.04. The third kappa shape index (κ3) is 6.09. The van der Waals surface area contributed by atoms with Crippen LogP contribution in [-0.2, 0) is 4.79 Å². The number of benzene rings is 2. The van der Waals surface area contributed by atoms with Gasteiger partial charge >= 0.3 is 5.97 Å². The smallest absolute Gasteiger partial charge is 0.308 e. The van der Waals surface area contributed by atoms with Crippen molar-refractivity contribution < 1.29 is 19.0 Å². The fourth-order valence-electron chi connectivity index (χ4n) is 1.99. The van der Waals surface area contributed by atoms with E-state index in [0.717, 1.165) is 21.3 Å².